The van der Waals surface area contributed by atoms with Gasteiger partial charge in [-0.25, -0.2) is 4.39 Å². The zero-order valence-corrected chi connectivity index (χ0v) is 16.7. The minimum atomic E-state index is -0.432. The van der Waals surface area contributed by atoms with E-state index in [1.807, 2.05) is 23.2 Å². The van der Waals surface area contributed by atoms with Crippen LogP contribution in [0.4, 0.5) is 4.39 Å². The maximum Gasteiger partial charge on any atom is 0.224 e. The van der Waals surface area contributed by atoms with E-state index in [1.54, 1.807) is 12.3 Å². The van der Waals surface area contributed by atoms with Crippen LogP contribution >= 0.6 is 11.6 Å². The molecule has 0 radical (unpaired) electrons. The lowest BCUT2D eigenvalue weighted by molar-refractivity contribution is -0.136. The third-order valence-corrected chi connectivity index (χ3v) is 6.47. The van der Waals surface area contributed by atoms with Gasteiger partial charge in [-0.05, 0) is 60.4 Å². The van der Waals surface area contributed by atoms with Crippen molar-refractivity contribution in [2.24, 2.45) is 5.10 Å². The molecule has 5 nitrogen and oxygen atoms in total. The zero-order chi connectivity index (χ0) is 20.0. The number of hydrogen-bond donors (Lipinski definition) is 1. The number of piperidine rings is 1. The average Bonchev–Trinajstić information content (AvgIpc) is 3.47. The zero-order valence-electron chi connectivity index (χ0n) is 15.9. The summed E-state index contributed by atoms with van der Waals surface area (Å²) in [5.41, 5.74) is 7.40. The van der Waals surface area contributed by atoms with Crippen molar-refractivity contribution < 1.29 is 9.18 Å². The summed E-state index contributed by atoms with van der Waals surface area (Å²) in [6.07, 6.45) is 7.90. The second-order valence-electron chi connectivity index (χ2n) is 8.10. The first-order valence-electron chi connectivity index (χ1n) is 10.1. The van der Waals surface area contributed by atoms with E-state index in [9.17, 15) is 9.18 Å². The molecule has 7 heteroatoms. The molecule has 2 unspecified atom stereocenters. The molecule has 1 aromatic heterocycles. The summed E-state index contributed by atoms with van der Waals surface area (Å²) in [6, 6.07) is 6.86. The summed E-state index contributed by atoms with van der Waals surface area (Å²) in [6.45, 7) is 0.625. The molecule has 1 amide bonds. The minimum absolute atomic E-state index is 0.0222. The van der Waals surface area contributed by atoms with Crippen LogP contribution in [0.1, 0.15) is 60.6 Å². The molecule has 1 aliphatic carbocycles. The molecule has 29 heavy (non-hydrogen) atoms. The number of nitrogens with zero attached hydrogens (tertiary/aromatic N) is 3. The van der Waals surface area contributed by atoms with Crippen LogP contribution in [0.2, 0.25) is 5.02 Å². The first-order chi connectivity index (χ1) is 14.1. The summed E-state index contributed by atoms with van der Waals surface area (Å²) in [4.78, 5) is 19.0. The standard InChI is InChI=1S/C22H22ClFN4O/c23-18-4-3-14(9-19(18)24)15-6-8-28(22(29)10-15)21-11-20(26-27-21)16-5-7-25-12-17(16)13-1-2-13/h3-5,7,9,12-13,15,21,27H,1-2,6,8,10-11H2. The number of hydrogen-bond acceptors (Lipinski definition) is 4. The minimum Gasteiger partial charge on any atom is -0.321 e. The molecule has 1 saturated carbocycles. The van der Waals surface area contributed by atoms with Gasteiger partial charge in [-0.15, -0.1) is 0 Å². The highest BCUT2D eigenvalue weighted by Crippen LogP contribution is 2.42. The molecule has 2 aliphatic heterocycles. The number of benzene rings is 1. The fourth-order valence-electron chi connectivity index (χ4n) is 4.40. The van der Waals surface area contributed by atoms with Crippen LogP contribution in [0.3, 0.4) is 0 Å². The predicted molar refractivity (Wildman–Crippen MR) is 109 cm³/mol. The van der Waals surface area contributed by atoms with Crippen LogP contribution in [0.15, 0.2) is 41.8 Å². The van der Waals surface area contributed by atoms with Gasteiger partial charge < -0.3 is 4.90 Å². The van der Waals surface area contributed by atoms with Crippen LogP contribution in [-0.2, 0) is 4.79 Å². The van der Waals surface area contributed by atoms with Crippen molar-refractivity contribution in [1.82, 2.24) is 15.3 Å². The molecule has 0 spiro atoms. The second kappa shape index (κ2) is 7.41. The normalized spacial score (nSPS) is 24.4. The third-order valence-electron chi connectivity index (χ3n) is 6.17. The van der Waals surface area contributed by atoms with E-state index in [4.69, 9.17) is 11.6 Å². The van der Waals surface area contributed by atoms with Gasteiger partial charge in [-0.3, -0.25) is 15.2 Å². The van der Waals surface area contributed by atoms with Crippen molar-refractivity contribution in [1.29, 1.82) is 0 Å². The lowest BCUT2D eigenvalue weighted by Crippen LogP contribution is -2.49. The van der Waals surface area contributed by atoms with Crippen LogP contribution in [0, 0.1) is 5.82 Å². The first kappa shape index (κ1) is 18.6. The molecule has 2 fully saturated rings. The number of likely N-dealkylation sites (tertiary alicyclic amines) is 1. The Labute approximate surface area is 174 Å². The Bertz CT molecular complexity index is 991. The average molecular weight is 413 g/mol. The Morgan fingerprint density at radius 3 is 2.76 bits per heavy atom. The molecule has 2 aromatic rings. The predicted octanol–water partition coefficient (Wildman–Crippen LogP) is 4.18. The van der Waals surface area contributed by atoms with E-state index in [-0.39, 0.29) is 23.0 Å². The van der Waals surface area contributed by atoms with Crippen molar-refractivity contribution in [3.05, 3.63) is 64.2 Å². The highest BCUT2D eigenvalue weighted by atomic mass is 35.5. The van der Waals surface area contributed by atoms with Crippen LogP contribution in [-0.4, -0.2) is 34.2 Å². The van der Waals surface area contributed by atoms with Gasteiger partial charge in [-0.1, -0.05) is 17.7 Å². The van der Waals surface area contributed by atoms with Gasteiger partial charge in [0.05, 0.1) is 10.7 Å². The fraction of sp³-hybridized carbons (Fsp3) is 0.409. The number of halogens is 2. The number of hydrazone groups is 1. The van der Waals surface area contributed by atoms with Gasteiger partial charge in [-0.2, -0.15) is 5.10 Å². The molecule has 3 aliphatic rings. The van der Waals surface area contributed by atoms with Crippen LogP contribution in [0.25, 0.3) is 0 Å². The topological polar surface area (TPSA) is 57.6 Å². The molecule has 3 heterocycles. The lowest BCUT2D eigenvalue weighted by Gasteiger charge is -2.35. The van der Waals surface area contributed by atoms with Crippen molar-refractivity contribution in [3.8, 4) is 0 Å². The van der Waals surface area contributed by atoms with E-state index in [2.05, 4.69) is 15.5 Å². The Hall–Kier alpha value is -2.47. The third kappa shape index (κ3) is 3.62. The number of carbonyl (C=O) groups is 1. The van der Waals surface area contributed by atoms with Gasteiger partial charge in [0, 0.05) is 37.3 Å². The quantitative estimate of drug-likeness (QED) is 0.819. The molecular weight excluding hydrogens is 391 g/mol. The number of aromatic nitrogens is 1. The number of nitrogens with one attached hydrogen (secondary N) is 1. The van der Waals surface area contributed by atoms with Crippen molar-refractivity contribution in [2.45, 2.75) is 50.1 Å². The molecule has 1 saturated heterocycles. The molecular formula is C22H22ClFN4O. The van der Waals surface area contributed by atoms with Gasteiger partial charge in [0.15, 0.2) is 0 Å². The summed E-state index contributed by atoms with van der Waals surface area (Å²) < 4.78 is 13.8. The maximum absolute atomic E-state index is 13.8. The monoisotopic (exact) mass is 412 g/mol. The van der Waals surface area contributed by atoms with Crippen molar-refractivity contribution in [2.75, 3.05) is 6.54 Å². The number of rotatable bonds is 4. The maximum atomic E-state index is 13.8. The SMILES string of the molecule is O=C1CC(c2ccc(Cl)c(F)c2)CCN1C1CC(c2ccncc2C2CC2)=NN1. The molecule has 0 bridgehead atoms. The molecule has 1 N–H and O–H groups in total. The molecule has 5 rings (SSSR count). The van der Waals surface area contributed by atoms with E-state index in [1.165, 1.54) is 24.5 Å². The van der Waals surface area contributed by atoms with E-state index < -0.39 is 5.82 Å². The number of carbonyl (C=O) groups excluding carboxylic acids is 1. The van der Waals surface area contributed by atoms with Crippen LogP contribution < -0.4 is 5.43 Å². The van der Waals surface area contributed by atoms with Crippen molar-refractivity contribution >= 4 is 23.2 Å². The highest BCUT2D eigenvalue weighted by Gasteiger charge is 2.36. The number of pyridine rings is 1. The van der Waals surface area contributed by atoms with Crippen molar-refractivity contribution in [3.63, 3.8) is 0 Å². The fourth-order valence-corrected chi connectivity index (χ4v) is 4.51. The van der Waals surface area contributed by atoms with E-state index in [0.29, 0.717) is 25.3 Å². The second-order valence-corrected chi connectivity index (χ2v) is 8.50. The molecule has 2 atom stereocenters. The number of amides is 1. The largest absolute Gasteiger partial charge is 0.321 e. The Balaban J connectivity index is 1.26. The smallest absolute Gasteiger partial charge is 0.224 e. The molecule has 1 aromatic carbocycles. The van der Waals surface area contributed by atoms with Crippen LogP contribution in [0.5, 0.6) is 0 Å². The Kier molecular flexibility index (Phi) is 4.74. The highest BCUT2D eigenvalue weighted by molar-refractivity contribution is 6.30. The van der Waals surface area contributed by atoms with E-state index in [0.717, 1.165) is 23.3 Å². The Morgan fingerprint density at radius 2 is 2.00 bits per heavy atom. The lowest BCUT2D eigenvalue weighted by atomic mass is 9.88. The molecule has 150 valence electrons. The summed E-state index contributed by atoms with van der Waals surface area (Å²) in [7, 11) is 0. The van der Waals surface area contributed by atoms with Gasteiger partial charge in [0.25, 0.3) is 0 Å². The first-order valence-corrected chi connectivity index (χ1v) is 10.5. The summed E-state index contributed by atoms with van der Waals surface area (Å²) in [5.74, 6) is 0.257. The van der Waals surface area contributed by atoms with E-state index >= 15 is 0 Å². The van der Waals surface area contributed by atoms with Gasteiger partial charge in [0.2, 0.25) is 5.91 Å². The summed E-state index contributed by atoms with van der Waals surface area (Å²) >= 11 is 5.78. The summed E-state index contributed by atoms with van der Waals surface area (Å²) in [5, 5.41) is 4.66. The van der Waals surface area contributed by atoms with Gasteiger partial charge in [0.1, 0.15) is 12.0 Å². The van der Waals surface area contributed by atoms with Gasteiger partial charge >= 0.3 is 0 Å². The Morgan fingerprint density at radius 1 is 1.14 bits per heavy atom.